The summed E-state index contributed by atoms with van der Waals surface area (Å²) in [5, 5.41) is 9.66. The van der Waals surface area contributed by atoms with Gasteiger partial charge in [-0.1, -0.05) is 73.1 Å². The zero-order valence-corrected chi connectivity index (χ0v) is 17.4. The second kappa shape index (κ2) is 9.74. The van der Waals surface area contributed by atoms with Crippen LogP contribution in [0.4, 0.5) is 0 Å². The third-order valence-corrected chi connectivity index (χ3v) is 6.12. The minimum absolute atomic E-state index is 0.198. The number of benzene rings is 2. The van der Waals surface area contributed by atoms with E-state index in [1.165, 1.54) is 30.2 Å². The van der Waals surface area contributed by atoms with Crippen molar-refractivity contribution in [2.24, 2.45) is 0 Å². The molecule has 2 heterocycles. The van der Waals surface area contributed by atoms with Crippen LogP contribution in [0.5, 0.6) is 0 Å². The van der Waals surface area contributed by atoms with Gasteiger partial charge >= 0.3 is 0 Å². The van der Waals surface area contributed by atoms with Crippen molar-refractivity contribution < 1.29 is 4.79 Å². The van der Waals surface area contributed by atoms with E-state index >= 15 is 0 Å². The molecule has 0 spiro atoms. The smallest absolute Gasteiger partial charge is 0.233 e. The first-order valence-corrected chi connectivity index (χ1v) is 11.2. The van der Waals surface area contributed by atoms with Gasteiger partial charge in [-0.05, 0) is 30.5 Å². The monoisotopic (exact) mass is 406 g/mol. The standard InChI is InChI=1S/C23H26N4OS/c28-22(26-15-9-1-2-10-16-26)18-29-23-25-24-21(17-19-11-5-3-6-12-19)27(23)20-13-7-4-8-14-20/h3-8,11-14H,1-2,9-10,15-18H2. The van der Waals surface area contributed by atoms with Gasteiger partial charge in [-0.2, -0.15) is 0 Å². The van der Waals surface area contributed by atoms with Crippen LogP contribution in [-0.4, -0.2) is 44.4 Å². The molecule has 2 aromatic carbocycles. The summed E-state index contributed by atoms with van der Waals surface area (Å²) in [7, 11) is 0. The van der Waals surface area contributed by atoms with Crippen LogP contribution in [0, 0.1) is 0 Å². The van der Waals surface area contributed by atoms with E-state index in [2.05, 4.69) is 39.0 Å². The lowest BCUT2D eigenvalue weighted by molar-refractivity contribution is -0.128. The van der Waals surface area contributed by atoms with Gasteiger partial charge in [0, 0.05) is 25.2 Å². The number of hydrogen-bond donors (Lipinski definition) is 0. The first-order valence-electron chi connectivity index (χ1n) is 10.3. The molecule has 0 radical (unpaired) electrons. The van der Waals surface area contributed by atoms with Crippen molar-refractivity contribution in [3.63, 3.8) is 0 Å². The van der Waals surface area contributed by atoms with E-state index in [4.69, 9.17) is 0 Å². The molecule has 0 saturated carbocycles. The van der Waals surface area contributed by atoms with Crippen molar-refractivity contribution in [2.45, 2.75) is 37.3 Å². The Labute approximate surface area is 176 Å². The normalized spacial score (nSPS) is 14.6. The quantitative estimate of drug-likeness (QED) is 0.571. The molecule has 1 aliphatic heterocycles. The highest BCUT2D eigenvalue weighted by Gasteiger charge is 2.19. The largest absolute Gasteiger partial charge is 0.342 e. The highest BCUT2D eigenvalue weighted by molar-refractivity contribution is 7.99. The number of aromatic nitrogens is 3. The van der Waals surface area contributed by atoms with Gasteiger partial charge in [0.15, 0.2) is 5.16 Å². The summed E-state index contributed by atoms with van der Waals surface area (Å²) in [4.78, 5) is 14.7. The zero-order valence-electron chi connectivity index (χ0n) is 16.5. The van der Waals surface area contributed by atoms with E-state index in [1.807, 2.05) is 41.3 Å². The first kappa shape index (κ1) is 19.7. The van der Waals surface area contributed by atoms with Crippen LogP contribution in [0.15, 0.2) is 65.8 Å². The molecule has 29 heavy (non-hydrogen) atoms. The molecule has 1 aliphatic rings. The molecular weight excluding hydrogens is 380 g/mol. The lowest BCUT2D eigenvalue weighted by Crippen LogP contribution is -2.33. The summed E-state index contributed by atoms with van der Waals surface area (Å²) < 4.78 is 2.08. The van der Waals surface area contributed by atoms with E-state index in [0.717, 1.165) is 42.6 Å². The first-order chi connectivity index (χ1) is 14.3. The molecule has 150 valence electrons. The van der Waals surface area contributed by atoms with Crippen molar-refractivity contribution in [2.75, 3.05) is 18.8 Å². The Morgan fingerprint density at radius 3 is 2.21 bits per heavy atom. The van der Waals surface area contributed by atoms with Gasteiger partial charge in [-0.3, -0.25) is 9.36 Å². The topological polar surface area (TPSA) is 51.0 Å². The molecule has 5 nitrogen and oxygen atoms in total. The average molecular weight is 407 g/mol. The molecule has 0 N–H and O–H groups in total. The van der Waals surface area contributed by atoms with Gasteiger partial charge < -0.3 is 4.90 Å². The van der Waals surface area contributed by atoms with Crippen molar-refractivity contribution in [1.29, 1.82) is 0 Å². The predicted molar refractivity (Wildman–Crippen MR) is 116 cm³/mol. The summed E-state index contributed by atoms with van der Waals surface area (Å²) in [5.74, 6) is 1.48. The predicted octanol–water partition coefficient (Wildman–Crippen LogP) is 4.35. The Hall–Kier alpha value is -2.60. The molecule has 1 fully saturated rings. The van der Waals surface area contributed by atoms with Gasteiger partial charge in [0.2, 0.25) is 5.91 Å². The second-order valence-corrected chi connectivity index (χ2v) is 8.26. The summed E-state index contributed by atoms with van der Waals surface area (Å²) in [6, 6.07) is 20.4. The molecule has 6 heteroatoms. The van der Waals surface area contributed by atoms with E-state index in [9.17, 15) is 4.79 Å². The lowest BCUT2D eigenvalue weighted by Gasteiger charge is -2.20. The molecule has 0 bridgehead atoms. The Morgan fingerprint density at radius 2 is 1.52 bits per heavy atom. The Bertz CT molecular complexity index is 919. The molecule has 0 atom stereocenters. The number of carbonyl (C=O) groups is 1. The van der Waals surface area contributed by atoms with Crippen LogP contribution in [-0.2, 0) is 11.2 Å². The molecule has 1 aromatic heterocycles. The molecule has 4 rings (SSSR count). The van der Waals surface area contributed by atoms with E-state index in [1.54, 1.807) is 0 Å². The summed E-state index contributed by atoms with van der Waals surface area (Å²) in [6.07, 6.45) is 5.36. The summed E-state index contributed by atoms with van der Waals surface area (Å²) in [5.41, 5.74) is 2.21. The fourth-order valence-corrected chi connectivity index (χ4v) is 4.53. The Morgan fingerprint density at radius 1 is 0.862 bits per heavy atom. The van der Waals surface area contributed by atoms with Crippen LogP contribution in [0.3, 0.4) is 0 Å². The van der Waals surface area contributed by atoms with Gasteiger partial charge in [-0.15, -0.1) is 10.2 Å². The van der Waals surface area contributed by atoms with Crippen LogP contribution in [0.1, 0.15) is 37.1 Å². The minimum atomic E-state index is 0.198. The SMILES string of the molecule is O=C(CSc1nnc(Cc2ccccc2)n1-c1ccccc1)N1CCCCCC1. The van der Waals surface area contributed by atoms with Crippen LogP contribution < -0.4 is 0 Å². The highest BCUT2D eigenvalue weighted by Crippen LogP contribution is 2.24. The molecular formula is C23H26N4OS. The Kier molecular flexibility index (Phi) is 6.62. The average Bonchev–Trinajstić information content (AvgIpc) is 2.97. The molecule has 0 unspecified atom stereocenters. The number of thioether (sulfide) groups is 1. The van der Waals surface area contributed by atoms with Gasteiger partial charge in [-0.25, -0.2) is 0 Å². The molecule has 3 aromatic rings. The number of rotatable bonds is 6. The number of para-hydroxylation sites is 1. The summed E-state index contributed by atoms with van der Waals surface area (Å²) >= 11 is 1.48. The number of carbonyl (C=O) groups excluding carboxylic acids is 1. The number of nitrogens with zero attached hydrogens (tertiary/aromatic N) is 4. The number of amides is 1. The molecule has 1 saturated heterocycles. The van der Waals surface area contributed by atoms with Gasteiger partial charge in [0.1, 0.15) is 5.82 Å². The van der Waals surface area contributed by atoms with Crippen LogP contribution in [0.2, 0.25) is 0 Å². The maximum atomic E-state index is 12.7. The van der Waals surface area contributed by atoms with E-state index in [0.29, 0.717) is 12.2 Å². The third-order valence-electron chi connectivity index (χ3n) is 5.20. The van der Waals surface area contributed by atoms with Gasteiger partial charge in [0.05, 0.1) is 5.75 Å². The highest BCUT2D eigenvalue weighted by atomic mass is 32.2. The maximum Gasteiger partial charge on any atom is 0.233 e. The molecule has 1 amide bonds. The lowest BCUT2D eigenvalue weighted by atomic mass is 10.1. The van der Waals surface area contributed by atoms with Gasteiger partial charge in [0.25, 0.3) is 0 Å². The zero-order chi connectivity index (χ0) is 19.9. The van der Waals surface area contributed by atoms with E-state index in [-0.39, 0.29) is 5.91 Å². The Balaban J connectivity index is 1.54. The van der Waals surface area contributed by atoms with E-state index < -0.39 is 0 Å². The third kappa shape index (κ3) is 5.07. The van der Waals surface area contributed by atoms with Crippen LogP contribution in [0.25, 0.3) is 5.69 Å². The van der Waals surface area contributed by atoms with Crippen molar-refractivity contribution in [3.05, 3.63) is 72.1 Å². The van der Waals surface area contributed by atoms with Crippen molar-refractivity contribution in [1.82, 2.24) is 19.7 Å². The summed E-state index contributed by atoms with van der Waals surface area (Å²) in [6.45, 7) is 1.76. The van der Waals surface area contributed by atoms with Crippen LogP contribution >= 0.6 is 11.8 Å². The second-order valence-electron chi connectivity index (χ2n) is 7.32. The number of hydrogen-bond acceptors (Lipinski definition) is 4. The van der Waals surface area contributed by atoms with Crippen molar-refractivity contribution >= 4 is 17.7 Å². The van der Waals surface area contributed by atoms with Crippen molar-refractivity contribution in [3.8, 4) is 5.69 Å². The number of likely N-dealkylation sites (tertiary alicyclic amines) is 1. The minimum Gasteiger partial charge on any atom is -0.342 e. The maximum absolute atomic E-state index is 12.7. The fraction of sp³-hybridized carbons (Fsp3) is 0.348. The fourth-order valence-electron chi connectivity index (χ4n) is 3.66. The molecule has 0 aliphatic carbocycles.